The second kappa shape index (κ2) is 9.93. The molecule has 5 heteroatoms. The van der Waals surface area contributed by atoms with Crippen molar-refractivity contribution in [2.24, 2.45) is 5.41 Å². The molecule has 1 amide bonds. The summed E-state index contributed by atoms with van der Waals surface area (Å²) in [6, 6.07) is 9.41. The minimum absolute atomic E-state index is 0.246. The van der Waals surface area contributed by atoms with E-state index < -0.39 is 23.8 Å². The number of aliphatic hydroxyl groups is 1. The van der Waals surface area contributed by atoms with Crippen LogP contribution in [0, 0.1) is 5.41 Å². The molecule has 0 aliphatic heterocycles. The van der Waals surface area contributed by atoms with Crippen molar-refractivity contribution in [3.63, 3.8) is 0 Å². The van der Waals surface area contributed by atoms with Gasteiger partial charge in [0.1, 0.15) is 5.60 Å². The van der Waals surface area contributed by atoms with E-state index >= 15 is 0 Å². The Labute approximate surface area is 158 Å². The second-order valence-corrected chi connectivity index (χ2v) is 9.02. The summed E-state index contributed by atoms with van der Waals surface area (Å²) in [4.78, 5) is 12.2. The van der Waals surface area contributed by atoms with E-state index in [2.05, 4.69) is 31.4 Å². The highest BCUT2D eigenvalue weighted by atomic mass is 16.6. The lowest BCUT2D eigenvalue weighted by atomic mass is 9.92. The zero-order valence-corrected chi connectivity index (χ0v) is 17.1. The lowest BCUT2D eigenvalue weighted by Crippen LogP contribution is -2.50. The van der Waals surface area contributed by atoms with Gasteiger partial charge >= 0.3 is 6.09 Å². The van der Waals surface area contributed by atoms with E-state index in [-0.39, 0.29) is 5.41 Å². The Morgan fingerprint density at radius 1 is 1.12 bits per heavy atom. The molecule has 3 N–H and O–H groups in total. The summed E-state index contributed by atoms with van der Waals surface area (Å²) in [5.41, 5.74) is 0.732. The molecule has 0 radical (unpaired) electrons. The first-order chi connectivity index (χ1) is 12.0. The highest BCUT2D eigenvalue weighted by molar-refractivity contribution is 5.68. The number of hydrogen-bond donors (Lipinski definition) is 3. The normalized spacial score (nSPS) is 14.6. The van der Waals surface area contributed by atoms with Gasteiger partial charge in [-0.3, -0.25) is 0 Å². The van der Waals surface area contributed by atoms with Crippen molar-refractivity contribution in [2.45, 2.75) is 72.1 Å². The average molecular weight is 365 g/mol. The van der Waals surface area contributed by atoms with Gasteiger partial charge in [0.05, 0.1) is 12.1 Å². The first kappa shape index (κ1) is 22.5. The lowest BCUT2D eigenvalue weighted by molar-refractivity contribution is 0.0422. The molecular formula is C21H36N2O3. The number of nitrogens with one attached hydrogen (secondary N) is 2. The number of carbonyl (C=O) groups excluding carboxylic acids is 1. The molecule has 5 nitrogen and oxygen atoms in total. The maximum atomic E-state index is 12.2. The summed E-state index contributed by atoms with van der Waals surface area (Å²) in [5.74, 6) is 0. The number of alkyl carbamates (subject to hydrolysis) is 1. The molecule has 1 rings (SSSR count). The Morgan fingerprint density at radius 2 is 1.73 bits per heavy atom. The minimum atomic E-state index is -0.706. The quantitative estimate of drug-likeness (QED) is 0.617. The van der Waals surface area contributed by atoms with Gasteiger partial charge in [0.25, 0.3) is 0 Å². The van der Waals surface area contributed by atoms with E-state index in [1.165, 1.54) is 0 Å². The van der Waals surface area contributed by atoms with Crippen molar-refractivity contribution in [3.05, 3.63) is 35.9 Å². The summed E-state index contributed by atoms with van der Waals surface area (Å²) in [6.45, 7) is 13.3. The molecule has 2 atom stereocenters. The number of aliphatic hydroxyl groups excluding tert-OH is 1. The lowest BCUT2D eigenvalue weighted by Gasteiger charge is -2.27. The first-order valence-electron chi connectivity index (χ1n) is 9.38. The molecule has 0 aliphatic rings. The highest BCUT2D eigenvalue weighted by Crippen LogP contribution is 2.17. The fourth-order valence-corrected chi connectivity index (χ4v) is 2.47. The Hall–Kier alpha value is -1.59. The van der Waals surface area contributed by atoms with Crippen molar-refractivity contribution in [1.29, 1.82) is 0 Å². The smallest absolute Gasteiger partial charge is 0.407 e. The molecule has 0 bridgehead atoms. The second-order valence-electron chi connectivity index (χ2n) is 9.02. The van der Waals surface area contributed by atoms with Gasteiger partial charge in [-0.15, -0.1) is 0 Å². The zero-order valence-electron chi connectivity index (χ0n) is 17.1. The van der Waals surface area contributed by atoms with E-state index in [0.717, 1.165) is 18.5 Å². The van der Waals surface area contributed by atoms with Crippen LogP contribution < -0.4 is 10.6 Å². The number of carbonyl (C=O) groups is 1. The Balaban J connectivity index is 2.65. The molecule has 0 unspecified atom stereocenters. The van der Waals surface area contributed by atoms with Gasteiger partial charge in [0.2, 0.25) is 0 Å². The van der Waals surface area contributed by atoms with E-state index in [0.29, 0.717) is 13.0 Å². The molecule has 0 fully saturated rings. The largest absolute Gasteiger partial charge is 0.444 e. The van der Waals surface area contributed by atoms with E-state index in [1.807, 2.05) is 51.1 Å². The average Bonchev–Trinajstić information content (AvgIpc) is 2.49. The van der Waals surface area contributed by atoms with Gasteiger partial charge in [-0.1, -0.05) is 51.1 Å². The van der Waals surface area contributed by atoms with E-state index in [4.69, 9.17) is 4.74 Å². The molecular weight excluding hydrogens is 328 g/mol. The minimum Gasteiger partial charge on any atom is -0.444 e. The van der Waals surface area contributed by atoms with Crippen LogP contribution in [0.4, 0.5) is 4.79 Å². The van der Waals surface area contributed by atoms with Crippen LogP contribution in [-0.2, 0) is 11.2 Å². The molecule has 0 spiro atoms. The van der Waals surface area contributed by atoms with Crippen LogP contribution in [0.25, 0.3) is 0 Å². The summed E-state index contributed by atoms with van der Waals surface area (Å²) < 4.78 is 5.34. The fourth-order valence-electron chi connectivity index (χ4n) is 2.47. The standard InChI is InChI=1S/C21H36N2O3/c1-20(2,3)12-13-22-15-18(24)17(14-16-10-8-7-9-11-16)23-19(25)26-21(4,5)6/h7-11,17-18,22,24H,12-15H2,1-6H3,(H,23,25)/t17-,18-/m0/s1. The summed E-state index contributed by atoms with van der Waals surface area (Å²) in [6.07, 6.45) is 0.347. The summed E-state index contributed by atoms with van der Waals surface area (Å²) >= 11 is 0. The van der Waals surface area contributed by atoms with Crippen LogP contribution in [-0.4, -0.2) is 42.0 Å². The number of hydrogen-bond acceptors (Lipinski definition) is 4. The van der Waals surface area contributed by atoms with Crippen molar-refractivity contribution in [3.8, 4) is 0 Å². The molecule has 0 saturated carbocycles. The van der Waals surface area contributed by atoms with Crippen LogP contribution >= 0.6 is 0 Å². The molecule has 0 aliphatic carbocycles. The van der Waals surface area contributed by atoms with Crippen molar-refractivity contribution < 1.29 is 14.6 Å². The number of ether oxygens (including phenoxy) is 1. The van der Waals surface area contributed by atoms with E-state index in [9.17, 15) is 9.90 Å². The van der Waals surface area contributed by atoms with Crippen molar-refractivity contribution in [1.82, 2.24) is 10.6 Å². The molecule has 1 aromatic carbocycles. The molecule has 0 aromatic heterocycles. The number of amides is 1. The summed E-state index contributed by atoms with van der Waals surface area (Å²) in [7, 11) is 0. The van der Waals surface area contributed by atoms with Crippen molar-refractivity contribution >= 4 is 6.09 Å². The third-order valence-electron chi connectivity index (χ3n) is 3.87. The van der Waals surface area contributed by atoms with E-state index in [1.54, 1.807) is 0 Å². The monoisotopic (exact) mass is 364 g/mol. The Morgan fingerprint density at radius 3 is 2.27 bits per heavy atom. The molecule has 26 heavy (non-hydrogen) atoms. The molecule has 0 heterocycles. The van der Waals surface area contributed by atoms with Crippen LogP contribution in [0.1, 0.15) is 53.5 Å². The topological polar surface area (TPSA) is 70.6 Å². The highest BCUT2D eigenvalue weighted by Gasteiger charge is 2.25. The molecule has 148 valence electrons. The first-order valence-corrected chi connectivity index (χ1v) is 9.38. The third-order valence-corrected chi connectivity index (χ3v) is 3.87. The van der Waals surface area contributed by atoms with Crippen LogP contribution in [0.2, 0.25) is 0 Å². The van der Waals surface area contributed by atoms with Gasteiger partial charge in [0, 0.05) is 6.54 Å². The van der Waals surface area contributed by atoms with Gasteiger partial charge in [-0.05, 0) is 51.1 Å². The maximum absolute atomic E-state index is 12.2. The van der Waals surface area contributed by atoms with Crippen LogP contribution in [0.15, 0.2) is 30.3 Å². The van der Waals surface area contributed by atoms with Crippen LogP contribution in [0.3, 0.4) is 0 Å². The van der Waals surface area contributed by atoms with Gasteiger partial charge in [-0.25, -0.2) is 4.79 Å². The van der Waals surface area contributed by atoms with Crippen LogP contribution in [0.5, 0.6) is 0 Å². The number of rotatable bonds is 8. The predicted molar refractivity (Wildman–Crippen MR) is 106 cm³/mol. The predicted octanol–water partition coefficient (Wildman–Crippen LogP) is 3.51. The maximum Gasteiger partial charge on any atom is 0.407 e. The van der Waals surface area contributed by atoms with Gasteiger partial charge in [-0.2, -0.15) is 0 Å². The number of benzene rings is 1. The van der Waals surface area contributed by atoms with Gasteiger partial charge in [0.15, 0.2) is 0 Å². The Bertz CT molecular complexity index is 532. The third kappa shape index (κ3) is 10.4. The SMILES string of the molecule is CC(C)(C)CCNC[C@H](O)[C@H](Cc1ccccc1)NC(=O)OC(C)(C)C. The molecule has 0 saturated heterocycles. The fraction of sp³-hybridized carbons (Fsp3) is 0.667. The molecule has 1 aromatic rings. The Kier molecular flexibility index (Phi) is 8.57. The van der Waals surface area contributed by atoms with Gasteiger partial charge < -0.3 is 20.5 Å². The zero-order chi connectivity index (χ0) is 19.8. The summed E-state index contributed by atoms with van der Waals surface area (Å²) in [5, 5.41) is 16.7. The van der Waals surface area contributed by atoms with Crippen molar-refractivity contribution in [2.75, 3.05) is 13.1 Å².